The summed E-state index contributed by atoms with van der Waals surface area (Å²) >= 11 is 0. The van der Waals surface area contributed by atoms with Crippen molar-refractivity contribution < 1.29 is 14.3 Å². The molecular weight excluding hydrogens is 458 g/mol. The number of nitrogens with zero attached hydrogens (tertiary/aromatic N) is 5. The van der Waals surface area contributed by atoms with Crippen LogP contribution in [0, 0.1) is 0 Å². The Morgan fingerprint density at radius 1 is 1.19 bits per heavy atom. The summed E-state index contributed by atoms with van der Waals surface area (Å²) in [4.78, 5) is 33.5. The van der Waals surface area contributed by atoms with Crippen molar-refractivity contribution in [3.63, 3.8) is 0 Å². The van der Waals surface area contributed by atoms with Gasteiger partial charge in [-0.3, -0.25) is 14.7 Å². The molecular formula is C26H33N7O3. The number of likely N-dealkylation sites (N-methyl/N-ethyl adjacent to an activating group) is 1. The van der Waals surface area contributed by atoms with Crippen LogP contribution in [0.4, 0.5) is 5.82 Å². The quantitative estimate of drug-likeness (QED) is 0.520. The molecule has 1 aromatic carbocycles. The Hall–Kier alpha value is -3.37. The molecule has 1 amide bonds. The molecule has 1 saturated heterocycles. The third-order valence-corrected chi connectivity index (χ3v) is 6.66. The standard InChI is InChI=1S/C26H33N7O3/c1-3-10-35-16-23-29-13-17(14-30-23)19-5-6-20-24-25(19)36-11-4-8-27-26(34)21-12-18(7-9-33(21)2)31-22(32-24)15-28-20/h5-6,13-15,18,21H,3-4,7-12,16H2,1-2H3,(H,27,34)(H,31,32)/t18-,21-/m0/s1. The molecule has 2 N–H and O–H groups in total. The Balaban J connectivity index is 1.48. The second kappa shape index (κ2) is 11.1. The molecule has 0 spiro atoms. The number of carbonyl (C=O) groups excluding carboxylic acids is 1. The van der Waals surface area contributed by atoms with Crippen molar-refractivity contribution in [2.75, 3.05) is 38.7 Å². The van der Waals surface area contributed by atoms with Crippen molar-refractivity contribution in [1.82, 2.24) is 30.2 Å². The highest BCUT2D eigenvalue weighted by molar-refractivity contribution is 5.90. The molecule has 0 saturated carbocycles. The van der Waals surface area contributed by atoms with Crippen LogP contribution in [0.15, 0.2) is 30.7 Å². The first-order valence-electron chi connectivity index (χ1n) is 12.7. The summed E-state index contributed by atoms with van der Waals surface area (Å²) in [7, 11) is 2.00. The predicted octanol–water partition coefficient (Wildman–Crippen LogP) is 2.79. The molecule has 1 fully saturated rings. The van der Waals surface area contributed by atoms with Crippen molar-refractivity contribution >= 4 is 22.8 Å². The highest BCUT2D eigenvalue weighted by Crippen LogP contribution is 2.36. The average molecular weight is 492 g/mol. The lowest BCUT2D eigenvalue weighted by Gasteiger charge is -2.36. The van der Waals surface area contributed by atoms with Gasteiger partial charge in [0.25, 0.3) is 0 Å². The Labute approximate surface area is 210 Å². The van der Waals surface area contributed by atoms with E-state index in [-0.39, 0.29) is 18.0 Å². The van der Waals surface area contributed by atoms with Crippen LogP contribution >= 0.6 is 0 Å². The molecule has 2 atom stereocenters. The zero-order valence-corrected chi connectivity index (χ0v) is 20.9. The highest BCUT2D eigenvalue weighted by Gasteiger charge is 2.31. The minimum atomic E-state index is -0.161. The summed E-state index contributed by atoms with van der Waals surface area (Å²) in [5, 5.41) is 6.59. The fraction of sp³-hybridized carbons (Fsp3) is 0.500. The van der Waals surface area contributed by atoms with Crippen molar-refractivity contribution in [3.05, 3.63) is 36.5 Å². The van der Waals surface area contributed by atoms with E-state index >= 15 is 0 Å². The van der Waals surface area contributed by atoms with Gasteiger partial charge in [0.05, 0.1) is 24.4 Å². The molecule has 0 radical (unpaired) electrons. The maximum Gasteiger partial charge on any atom is 0.237 e. The summed E-state index contributed by atoms with van der Waals surface area (Å²) in [6, 6.07) is 3.89. The summed E-state index contributed by atoms with van der Waals surface area (Å²) in [6.45, 7) is 4.96. The van der Waals surface area contributed by atoms with Gasteiger partial charge in [-0.2, -0.15) is 0 Å². The van der Waals surface area contributed by atoms with Crippen LogP contribution in [0.25, 0.3) is 22.2 Å². The van der Waals surface area contributed by atoms with E-state index in [1.54, 1.807) is 18.6 Å². The van der Waals surface area contributed by atoms with Crippen molar-refractivity contribution in [2.24, 2.45) is 0 Å². The van der Waals surface area contributed by atoms with Crippen LogP contribution < -0.4 is 15.4 Å². The van der Waals surface area contributed by atoms with E-state index in [9.17, 15) is 4.79 Å². The molecule has 10 nitrogen and oxygen atoms in total. The van der Waals surface area contributed by atoms with E-state index in [0.717, 1.165) is 42.5 Å². The van der Waals surface area contributed by atoms with E-state index in [1.807, 2.05) is 19.2 Å². The Kier molecular flexibility index (Phi) is 7.52. The number of likely N-dealkylation sites (tertiary alicyclic amines) is 1. The van der Waals surface area contributed by atoms with Gasteiger partial charge in [0.2, 0.25) is 5.91 Å². The van der Waals surface area contributed by atoms with Crippen molar-refractivity contribution in [2.45, 2.75) is 51.3 Å². The van der Waals surface area contributed by atoms with Gasteiger partial charge >= 0.3 is 0 Å². The van der Waals surface area contributed by atoms with Gasteiger partial charge in [-0.15, -0.1) is 0 Å². The molecule has 0 aliphatic carbocycles. The smallest absolute Gasteiger partial charge is 0.237 e. The number of piperidine rings is 1. The zero-order chi connectivity index (χ0) is 24.9. The number of rotatable bonds is 5. The van der Waals surface area contributed by atoms with Crippen LogP contribution in [-0.4, -0.2) is 76.2 Å². The van der Waals surface area contributed by atoms with Crippen LogP contribution in [0.3, 0.4) is 0 Å². The number of nitrogens with one attached hydrogen (secondary N) is 2. The van der Waals surface area contributed by atoms with E-state index in [1.165, 1.54) is 0 Å². The molecule has 190 valence electrons. The van der Waals surface area contributed by atoms with Gasteiger partial charge in [-0.25, -0.2) is 15.0 Å². The summed E-state index contributed by atoms with van der Waals surface area (Å²) in [5.41, 5.74) is 3.13. The molecule has 2 aromatic heterocycles. The molecule has 5 rings (SSSR count). The second-order valence-corrected chi connectivity index (χ2v) is 9.36. The maximum atomic E-state index is 12.8. The fourth-order valence-corrected chi connectivity index (χ4v) is 4.68. The van der Waals surface area contributed by atoms with Crippen molar-refractivity contribution in [3.8, 4) is 16.9 Å². The average Bonchev–Trinajstić information content (AvgIpc) is 2.89. The number of benzene rings is 1. The largest absolute Gasteiger partial charge is 0.491 e. The first-order chi connectivity index (χ1) is 17.6. The van der Waals surface area contributed by atoms with E-state index in [2.05, 4.69) is 37.4 Å². The van der Waals surface area contributed by atoms with E-state index in [0.29, 0.717) is 55.7 Å². The molecule has 4 bridgehead atoms. The van der Waals surface area contributed by atoms with Gasteiger partial charge in [-0.05, 0) is 44.9 Å². The summed E-state index contributed by atoms with van der Waals surface area (Å²) in [6.07, 6.45) is 8.61. The van der Waals surface area contributed by atoms with E-state index in [4.69, 9.17) is 14.5 Å². The number of fused-ring (bicyclic) bond motifs is 3. The van der Waals surface area contributed by atoms with Gasteiger partial charge in [0.1, 0.15) is 17.9 Å². The summed E-state index contributed by atoms with van der Waals surface area (Å²) in [5.74, 6) is 2.02. The zero-order valence-electron chi connectivity index (χ0n) is 20.9. The van der Waals surface area contributed by atoms with Gasteiger partial charge in [0, 0.05) is 49.3 Å². The lowest BCUT2D eigenvalue weighted by molar-refractivity contribution is -0.127. The number of amides is 1. The Bertz CT molecular complexity index is 1200. The SMILES string of the molecule is CCCOCc1ncc(-c2ccc3ncc4nc3c2OCCCNC(=O)[C@@H]2C[C@H](CCN2C)N4)cn1. The van der Waals surface area contributed by atoms with Gasteiger partial charge in [-0.1, -0.05) is 6.92 Å². The molecule has 0 unspecified atom stereocenters. The minimum Gasteiger partial charge on any atom is -0.491 e. The number of hydrogen-bond donors (Lipinski definition) is 2. The van der Waals surface area contributed by atoms with Crippen LogP contribution in [-0.2, 0) is 16.1 Å². The maximum absolute atomic E-state index is 12.8. The fourth-order valence-electron chi connectivity index (χ4n) is 4.68. The van der Waals surface area contributed by atoms with Gasteiger partial charge in [0.15, 0.2) is 11.6 Å². The normalized spacial score (nSPS) is 20.9. The third-order valence-electron chi connectivity index (χ3n) is 6.66. The summed E-state index contributed by atoms with van der Waals surface area (Å²) < 4.78 is 11.8. The number of carbonyl (C=O) groups is 1. The van der Waals surface area contributed by atoms with Gasteiger partial charge < -0.3 is 20.1 Å². The monoisotopic (exact) mass is 491 g/mol. The van der Waals surface area contributed by atoms with Crippen LogP contribution in [0.5, 0.6) is 5.75 Å². The molecule has 4 heterocycles. The lowest BCUT2D eigenvalue weighted by atomic mass is 9.97. The minimum absolute atomic E-state index is 0.0591. The predicted molar refractivity (Wildman–Crippen MR) is 137 cm³/mol. The second-order valence-electron chi connectivity index (χ2n) is 9.36. The molecule has 3 aromatic rings. The van der Waals surface area contributed by atoms with E-state index < -0.39 is 0 Å². The third kappa shape index (κ3) is 5.39. The van der Waals surface area contributed by atoms with Crippen LogP contribution in [0.1, 0.15) is 38.4 Å². The molecule has 2 aliphatic heterocycles. The Morgan fingerprint density at radius 2 is 2.06 bits per heavy atom. The number of hydrogen-bond acceptors (Lipinski definition) is 9. The Morgan fingerprint density at radius 3 is 2.89 bits per heavy atom. The molecule has 2 aliphatic rings. The molecule has 36 heavy (non-hydrogen) atoms. The topological polar surface area (TPSA) is 114 Å². The number of aromatic nitrogens is 4. The lowest BCUT2D eigenvalue weighted by Crippen LogP contribution is -2.52. The van der Waals surface area contributed by atoms with Crippen molar-refractivity contribution in [1.29, 1.82) is 0 Å². The van der Waals surface area contributed by atoms with Crippen LogP contribution in [0.2, 0.25) is 0 Å². The highest BCUT2D eigenvalue weighted by atomic mass is 16.5. The first kappa shape index (κ1) is 24.3. The molecule has 10 heteroatoms. The number of anilines is 1. The number of ether oxygens (including phenoxy) is 2. The first-order valence-corrected chi connectivity index (χ1v) is 12.7.